The van der Waals surface area contributed by atoms with E-state index in [-0.39, 0.29) is 12.2 Å². The van der Waals surface area contributed by atoms with Gasteiger partial charge in [-0.3, -0.25) is 4.84 Å². The van der Waals surface area contributed by atoms with Crippen LogP contribution in [0.5, 0.6) is 0 Å². The molecular weight excluding hydrogens is 272 g/mol. The van der Waals surface area contributed by atoms with Crippen LogP contribution in [0, 0.1) is 0 Å². The molecule has 0 aromatic heterocycles. The first-order chi connectivity index (χ1) is 10.2. The minimum atomic E-state index is -0.970. The van der Waals surface area contributed by atoms with Crippen LogP contribution in [0.2, 0.25) is 0 Å². The van der Waals surface area contributed by atoms with E-state index in [9.17, 15) is 9.59 Å². The summed E-state index contributed by atoms with van der Waals surface area (Å²) >= 11 is 0. The lowest BCUT2D eigenvalue weighted by molar-refractivity contribution is -0.146. The van der Waals surface area contributed by atoms with E-state index >= 15 is 0 Å². The molecule has 1 aromatic rings. The van der Waals surface area contributed by atoms with E-state index in [1.54, 1.807) is 5.94 Å². The Morgan fingerprint density at radius 1 is 1.38 bits per heavy atom. The zero-order valence-corrected chi connectivity index (χ0v) is 12.0. The minimum Gasteiger partial charge on any atom is -0.468 e. The van der Waals surface area contributed by atoms with E-state index in [0.29, 0.717) is 19.4 Å². The third-order valence-corrected chi connectivity index (χ3v) is 2.85. The summed E-state index contributed by atoms with van der Waals surface area (Å²) in [6.45, 7) is 0.682. The van der Waals surface area contributed by atoms with Crippen molar-refractivity contribution in [2.45, 2.75) is 25.5 Å². The Balaban J connectivity index is 2.61. The zero-order chi connectivity index (χ0) is 15.5. The van der Waals surface area contributed by atoms with Crippen LogP contribution in [-0.2, 0) is 25.8 Å². The molecule has 0 amide bonds. The summed E-state index contributed by atoms with van der Waals surface area (Å²) in [6, 6.07) is 8.47. The lowest BCUT2D eigenvalue weighted by Gasteiger charge is -2.17. The number of nitrogens with one attached hydrogen (secondary N) is 1. The van der Waals surface area contributed by atoms with Crippen molar-refractivity contribution in [3.63, 3.8) is 0 Å². The fourth-order valence-corrected chi connectivity index (χ4v) is 1.71. The molecule has 114 valence electrons. The van der Waals surface area contributed by atoms with Crippen molar-refractivity contribution in [2.75, 3.05) is 13.7 Å². The molecule has 0 heterocycles. The van der Waals surface area contributed by atoms with Gasteiger partial charge in [0.1, 0.15) is 5.94 Å². The number of methoxy groups -OCH3 is 1. The summed E-state index contributed by atoms with van der Waals surface area (Å²) in [5.41, 5.74) is 9.14. The monoisotopic (exact) mass is 292 g/mol. The van der Waals surface area contributed by atoms with Crippen LogP contribution >= 0.6 is 0 Å². The highest BCUT2D eigenvalue weighted by Gasteiger charge is 2.24. The van der Waals surface area contributed by atoms with Gasteiger partial charge in [-0.05, 0) is 24.9 Å². The fourth-order valence-electron chi connectivity index (χ4n) is 1.71. The van der Waals surface area contributed by atoms with Gasteiger partial charge in [0.2, 0.25) is 0 Å². The van der Waals surface area contributed by atoms with E-state index in [2.05, 4.69) is 10.2 Å². The highest BCUT2D eigenvalue weighted by molar-refractivity contribution is 5.82. The van der Waals surface area contributed by atoms with Gasteiger partial charge in [0.25, 0.3) is 0 Å². The average molecular weight is 292 g/mol. The van der Waals surface area contributed by atoms with E-state index in [4.69, 9.17) is 10.6 Å². The van der Waals surface area contributed by atoms with Crippen LogP contribution in [0.4, 0.5) is 0 Å². The topological polar surface area (TPSA) is 90.6 Å². The van der Waals surface area contributed by atoms with Gasteiger partial charge in [0.15, 0.2) is 6.04 Å². The summed E-state index contributed by atoms with van der Waals surface area (Å²) in [4.78, 5) is 28.0. The molecule has 0 fully saturated rings. The summed E-state index contributed by atoms with van der Waals surface area (Å²) < 4.78 is 4.67. The molecular formula is C15H20N2O4. The van der Waals surface area contributed by atoms with Crippen molar-refractivity contribution >= 4 is 11.9 Å². The van der Waals surface area contributed by atoms with Gasteiger partial charge in [-0.25, -0.2) is 9.59 Å². The molecule has 6 heteroatoms. The number of hydrogen-bond donors (Lipinski definition) is 2. The van der Waals surface area contributed by atoms with Crippen molar-refractivity contribution in [2.24, 2.45) is 5.73 Å². The van der Waals surface area contributed by atoms with Gasteiger partial charge in [-0.2, -0.15) is 5.48 Å². The average Bonchev–Trinajstić information content (AvgIpc) is 2.54. The van der Waals surface area contributed by atoms with Crippen LogP contribution in [0.25, 0.3) is 0 Å². The van der Waals surface area contributed by atoms with E-state index < -0.39 is 12.0 Å². The molecule has 0 bridgehead atoms. The first kappa shape index (κ1) is 17.1. The smallest absolute Gasteiger partial charge is 0.330 e. The van der Waals surface area contributed by atoms with Crippen molar-refractivity contribution < 1.29 is 19.2 Å². The number of nitrogens with two attached hydrogens (primary N) is 1. The summed E-state index contributed by atoms with van der Waals surface area (Å²) in [6.07, 6.45) is 0.944. The van der Waals surface area contributed by atoms with Crippen LogP contribution in [0.15, 0.2) is 35.9 Å². The predicted octanol–water partition coefficient (Wildman–Crippen LogP) is 0.746. The Kier molecular flexibility index (Phi) is 8.01. The van der Waals surface area contributed by atoms with Crippen LogP contribution < -0.4 is 11.2 Å². The first-order valence-electron chi connectivity index (χ1n) is 6.66. The van der Waals surface area contributed by atoms with Gasteiger partial charge < -0.3 is 10.5 Å². The lowest BCUT2D eigenvalue weighted by Crippen LogP contribution is -2.39. The molecule has 0 saturated carbocycles. The molecule has 0 saturated heterocycles. The molecule has 1 atom stereocenters. The number of esters is 1. The summed E-state index contributed by atoms with van der Waals surface area (Å²) in [5.74, 6) is 1.17. The van der Waals surface area contributed by atoms with Crippen LogP contribution in [-0.4, -0.2) is 31.6 Å². The molecule has 1 rings (SSSR count). The predicted molar refractivity (Wildman–Crippen MR) is 77.7 cm³/mol. The third kappa shape index (κ3) is 5.89. The summed E-state index contributed by atoms with van der Waals surface area (Å²) in [7, 11) is 1.25. The standard InChI is InChI=1S/C15H20N2O4/c1-20-15(19)14(13(10-18)8-5-9-16)17-21-11-12-6-3-2-4-7-12/h2-4,6-7,14,17H,5,8-9,11,16H2,1H3/t14-/m0/s1. The molecule has 3 N–H and O–H groups in total. The molecule has 0 aliphatic carbocycles. The second kappa shape index (κ2) is 9.85. The maximum atomic E-state index is 11.7. The SMILES string of the molecule is COC(=O)[C@@H](NOCc1ccccc1)C(=C=O)CCCN. The van der Waals surface area contributed by atoms with Crippen LogP contribution in [0.3, 0.4) is 0 Å². The molecule has 0 spiro atoms. The third-order valence-electron chi connectivity index (χ3n) is 2.85. The van der Waals surface area contributed by atoms with Crippen molar-refractivity contribution in [1.82, 2.24) is 5.48 Å². The number of benzene rings is 1. The molecule has 0 aliphatic heterocycles. The normalized spacial score (nSPS) is 11.5. The molecule has 0 unspecified atom stereocenters. The molecule has 6 nitrogen and oxygen atoms in total. The second-order valence-electron chi connectivity index (χ2n) is 4.37. The molecule has 1 aromatic carbocycles. The Morgan fingerprint density at radius 2 is 2.10 bits per heavy atom. The number of rotatable bonds is 9. The Hall–Kier alpha value is -1.98. The highest BCUT2D eigenvalue weighted by atomic mass is 16.6. The molecule has 0 radical (unpaired) electrons. The first-order valence-corrected chi connectivity index (χ1v) is 6.66. The number of carbonyl (C=O) groups excluding carboxylic acids is 2. The lowest BCUT2D eigenvalue weighted by atomic mass is 10.0. The number of hydroxylamine groups is 1. The van der Waals surface area contributed by atoms with Crippen molar-refractivity contribution in [1.29, 1.82) is 0 Å². The fraction of sp³-hybridized carbons (Fsp3) is 0.400. The number of ether oxygens (including phenoxy) is 1. The quantitative estimate of drug-likeness (QED) is 0.396. The molecule has 0 aliphatic rings. The van der Waals surface area contributed by atoms with Gasteiger partial charge in [-0.1, -0.05) is 30.3 Å². The van der Waals surface area contributed by atoms with E-state index in [0.717, 1.165) is 5.56 Å². The van der Waals surface area contributed by atoms with Gasteiger partial charge in [0.05, 0.1) is 13.7 Å². The van der Waals surface area contributed by atoms with E-state index in [1.807, 2.05) is 30.3 Å². The number of hydrogen-bond acceptors (Lipinski definition) is 6. The van der Waals surface area contributed by atoms with E-state index in [1.165, 1.54) is 7.11 Å². The Labute approximate surface area is 123 Å². The largest absolute Gasteiger partial charge is 0.468 e. The summed E-state index contributed by atoms with van der Waals surface area (Å²) in [5, 5.41) is 0. The Morgan fingerprint density at radius 3 is 2.67 bits per heavy atom. The van der Waals surface area contributed by atoms with Crippen molar-refractivity contribution in [3.05, 3.63) is 41.5 Å². The Bertz CT molecular complexity index is 484. The second-order valence-corrected chi connectivity index (χ2v) is 4.37. The van der Waals surface area contributed by atoms with Gasteiger partial charge >= 0.3 is 5.97 Å². The number of carbonyl (C=O) groups is 1. The maximum Gasteiger partial charge on any atom is 0.330 e. The zero-order valence-electron chi connectivity index (χ0n) is 12.0. The minimum absolute atomic E-state index is 0.236. The van der Waals surface area contributed by atoms with Crippen LogP contribution in [0.1, 0.15) is 18.4 Å². The van der Waals surface area contributed by atoms with Gasteiger partial charge in [0, 0.05) is 5.57 Å². The highest BCUT2D eigenvalue weighted by Crippen LogP contribution is 2.09. The van der Waals surface area contributed by atoms with Gasteiger partial charge in [-0.15, -0.1) is 0 Å². The van der Waals surface area contributed by atoms with Crippen molar-refractivity contribution in [3.8, 4) is 0 Å². The molecule has 21 heavy (non-hydrogen) atoms. The maximum absolute atomic E-state index is 11.7.